The van der Waals surface area contributed by atoms with Gasteiger partial charge in [0, 0.05) is 12.5 Å². The third-order valence-electron chi connectivity index (χ3n) is 4.43. The summed E-state index contributed by atoms with van der Waals surface area (Å²) in [5, 5.41) is 0. The molecule has 1 heterocycles. The molecule has 1 aliphatic heterocycles. The Hall–Kier alpha value is -1.06. The van der Waals surface area contributed by atoms with Crippen molar-refractivity contribution < 1.29 is 4.74 Å². The summed E-state index contributed by atoms with van der Waals surface area (Å²) < 4.78 is 5.57. The molecule has 0 radical (unpaired) electrons. The highest BCUT2D eigenvalue weighted by Crippen LogP contribution is 2.31. The summed E-state index contributed by atoms with van der Waals surface area (Å²) in [6.45, 7) is 5.35. The lowest BCUT2D eigenvalue weighted by Gasteiger charge is -2.23. The van der Waals surface area contributed by atoms with Crippen LogP contribution < -0.4 is 16.0 Å². The summed E-state index contributed by atoms with van der Waals surface area (Å²) in [7, 11) is 0. The first-order chi connectivity index (χ1) is 9.78. The van der Waals surface area contributed by atoms with Gasteiger partial charge in [-0.15, -0.1) is 0 Å². The maximum absolute atomic E-state index is 5.80. The number of hydrazine groups is 1. The van der Waals surface area contributed by atoms with Gasteiger partial charge in [0.05, 0.1) is 6.61 Å². The standard InChI is InChI=1S/C17H28N2O/c1-3-5-6-13(4-2)11-16(19-18)14-7-8-17-15(12-14)9-10-20-17/h7-8,12-13,16,19H,3-6,9-11,18H2,1-2H3. The molecule has 3 nitrogen and oxygen atoms in total. The first-order valence-corrected chi connectivity index (χ1v) is 8.00. The van der Waals surface area contributed by atoms with Gasteiger partial charge in [-0.05, 0) is 29.5 Å². The first kappa shape index (κ1) is 15.3. The Kier molecular flexibility index (Phi) is 5.86. The number of nitrogens with two attached hydrogens (primary N) is 1. The number of hydrogen-bond donors (Lipinski definition) is 2. The van der Waals surface area contributed by atoms with Crippen molar-refractivity contribution >= 4 is 0 Å². The predicted molar refractivity (Wildman–Crippen MR) is 83.6 cm³/mol. The molecular weight excluding hydrogens is 248 g/mol. The third kappa shape index (κ3) is 3.74. The number of fused-ring (bicyclic) bond motifs is 1. The quantitative estimate of drug-likeness (QED) is 0.562. The van der Waals surface area contributed by atoms with E-state index in [0.29, 0.717) is 0 Å². The summed E-state index contributed by atoms with van der Waals surface area (Å²) in [6, 6.07) is 6.76. The summed E-state index contributed by atoms with van der Waals surface area (Å²) in [4.78, 5) is 0. The lowest BCUT2D eigenvalue weighted by molar-refractivity contribution is 0.354. The lowest BCUT2D eigenvalue weighted by Crippen LogP contribution is -2.29. The van der Waals surface area contributed by atoms with E-state index in [2.05, 4.69) is 37.5 Å². The predicted octanol–water partition coefficient (Wildman–Crippen LogP) is 3.73. The van der Waals surface area contributed by atoms with Gasteiger partial charge in [0.25, 0.3) is 0 Å². The van der Waals surface area contributed by atoms with Gasteiger partial charge in [0.15, 0.2) is 0 Å². The Balaban J connectivity index is 2.03. The van der Waals surface area contributed by atoms with E-state index in [9.17, 15) is 0 Å². The number of hydrogen-bond acceptors (Lipinski definition) is 3. The smallest absolute Gasteiger partial charge is 0.122 e. The highest BCUT2D eigenvalue weighted by Gasteiger charge is 2.19. The van der Waals surface area contributed by atoms with Crippen molar-refractivity contribution in [1.82, 2.24) is 5.43 Å². The number of nitrogens with one attached hydrogen (secondary N) is 1. The molecule has 3 N–H and O–H groups in total. The van der Waals surface area contributed by atoms with Crippen molar-refractivity contribution in [3.8, 4) is 5.75 Å². The Labute approximate surface area is 122 Å². The van der Waals surface area contributed by atoms with Crippen LogP contribution in [0.3, 0.4) is 0 Å². The zero-order valence-corrected chi connectivity index (χ0v) is 12.8. The van der Waals surface area contributed by atoms with Crippen LogP contribution in [0.4, 0.5) is 0 Å². The highest BCUT2D eigenvalue weighted by atomic mass is 16.5. The Morgan fingerprint density at radius 3 is 2.90 bits per heavy atom. The SMILES string of the molecule is CCCCC(CC)CC(NN)c1ccc2c(c1)CCO2. The van der Waals surface area contributed by atoms with Gasteiger partial charge in [-0.1, -0.05) is 51.7 Å². The van der Waals surface area contributed by atoms with Crippen LogP contribution in [-0.2, 0) is 6.42 Å². The summed E-state index contributed by atoms with van der Waals surface area (Å²) in [6.07, 6.45) is 7.26. The van der Waals surface area contributed by atoms with E-state index in [-0.39, 0.29) is 6.04 Å². The molecule has 0 saturated carbocycles. The fourth-order valence-corrected chi connectivity index (χ4v) is 3.04. The van der Waals surface area contributed by atoms with E-state index < -0.39 is 0 Å². The number of unbranched alkanes of at least 4 members (excludes halogenated alkanes) is 1. The van der Waals surface area contributed by atoms with E-state index in [4.69, 9.17) is 10.6 Å². The molecule has 0 amide bonds. The van der Waals surface area contributed by atoms with Crippen LogP contribution in [0, 0.1) is 5.92 Å². The minimum Gasteiger partial charge on any atom is -0.493 e. The fourth-order valence-electron chi connectivity index (χ4n) is 3.04. The maximum Gasteiger partial charge on any atom is 0.122 e. The molecular formula is C17H28N2O. The molecule has 2 unspecified atom stereocenters. The van der Waals surface area contributed by atoms with Crippen LogP contribution in [-0.4, -0.2) is 6.61 Å². The molecule has 0 spiro atoms. The lowest BCUT2D eigenvalue weighted by atomic mass is 9.89. The van der Waals surface area contributed by atoms with E-state index in [1.807, 2.05) is 0 Å². The zero-order valence-electron chi connectivity index (χ0n) is 12.8. The number of ether oxygens (including phenoxy) is 1. The zero-order chi connectivity index (χ0) is 14.4. The van der Waals surface area contributed by atoms with Crippen molar-refractivity contribution in [3.63, 3.8) is 0 Å². The normalized spacial score (nSPS) is 16.6. The van der Waals surface area contributed by atoms with Crippen molar-refractivity contribution in [2.75, 3.05) is 6.61 Å². The average Bonchev–Trinajstić information content (AvgIpc) is 2.95. The van der Waals surface area contributed by atoms with Gasteiger partial charge in [-0.25, -0.2) is 0 Å². The van der Waals surface area contributed by atoms with Crippen LogP contribution >= 0.6 is 0 Å². The van der Waals surface area contributed by atoms with Crippen LogP contribution in [0.15, 0.2) is 18.2 Å². The molecule has 2 atom stereocenters. The van der Waals surface area contributed by atoms with Crippen molar-refractivity contribution in [2.24, 2.45) is 11.8 Å². The molecule has 0 aromatic heterocycles. The van der Waals surface area contributed by atoms with Crippen molar-refractivity contribution in [3.05, 3.63) is 29.3 Å². The fraction of sp³-hybridized carbons (Fsp3) is 0.647. The molecule has 112 valence electrons. The topological polar surface area (TPSA) is 47.3 Å². The van der Waals surface area contributed by atoms with E-state index in [1.165, 1.54) is 36.8 Å². The Morgan fingerprint density at radius 2 is 2.20 bits per heavy atom. The summed E-state index contributed by atoms with van der Waals surface area (Å²) in [5.74, 6) is 7.59. The molecule has 0 bridgehead atoms. The second-order valence-corrected chi connectivity index (χ2v) is 5.84. The highest BCUT2D eigenvalue weighted by molar-refractivity contribution is 5.40. The van der Waals surface area contributed by atoms with E-state index in [0.717, 1.165) is 31.1 Å². The monoisotopic (exact) mass is 276 g/mol. The van der Waals surface area contributed by atoms with Crippen molar-refractivity contribution in [2.45, 2.75) is 58.4 Å². The van der Waals surface area contributed by atoms with Gasteiger partial charge >= 0.3 is 0 Å². The van der Waals surface area contributed by atoms with Gasteiger partial charge in [0.2, 0.25) is 0 Å². The van der Waals surface area contributed by atoms with Crippen molar-refractivity contribution in [1.29, 1.82) is 0 Å². The van der Waals surface area contributed by atoms with E-state index in [1.54, 1.807) is 0 Å². The molecule has 3 heteroatoms. The Bertz CT molecular complexity index is 419. The minimum absolute atomic E-state index is 0.253. The van der Waals surface area contributed by atoms with Crippen LogP contribution in [0.5, 0.6) is 5.75 Å². The van der Waals surface area contributed by atoms with Crippen LogP contribution in [0.1, 0.15) is 63.1 Å². The average molecular weight is 276 g/mol. The molecule has 20 heavy (non-hydrogen) atoms. The molecule has 1 aromatic carbocycles. The molecule has 0 saturated heterocycles. The molecule has 1 aliphatic rings. The number of benzene rings is 1. The Morgan fingerprint density at radius 1 is 1.35 bits per heavy atom. The van der Waals surface area contributed by atoms with Crippen LogP contribution in [0.2, 0.25) is 0 Å². The van der Waals surface area contributed by atoms with Gasteiger partial charge < -0.3 is 4.74 Å². The van der Waals surface area contributed by atoms with Gasteiger partial charge in [-0.3, -0.25) is 11.3 Å². The summed E-state index contributed by atoms with van der Waals surface area (Å²) >= 11 is 0. The van der Waals surface area contributed by atoms with Gasteiger partial charge in [0.1, 0.15) is 5.75 Å². The minimum atomic E-state index is 0.253. The van der Waals surface area contributed by atoms with Crippen LogP contribution in [0.25, 0.3) is 0 Å². The third-order valence-corrected chi connectivity index (χ3v) is 4.43. The molecule has 1 aromatic rings. The molecule has 2 rings (SSSR count). The second kappa shape index (κ2) is 7.65. The summed E-state index contributed by atoms with van der Waals surface area (Å²) in [5.41, 5.74) is 5.63. The van der Waals surface area contributed by atoms with Gasteiger partial charge in [-0.2, -0.15) is 0 Å². The molecule has 0 fully saturated rings. The van der Waals surface area contributed by atoms with E-state index >= 15 is 0 Å². The number of rotatable bonds is 8. The molecule has 0 aliphatic carbocycles. The maximum atomic E-state index is 5.80. The first-order valence-electron chi connectivity index (χ1n) is 8.00. The largest absolute Gasteiger partial charge is 0.493 e. The second-order valence-electron chi connectivity index (χ2n) is 5.84.